The molecule has 2 rings (SSSR count). The number of carbonyl (C=O) groups is 4. The predicted octanol–water partition coefficient (Wildman–Crippen LogP) is -1.19. The molecule has 2 heterocycles. The second-order valence-corrected chi connectivity index (χ2v) is 6.76. The third-order valence-corrected chi connectivity index (χ3v) is 5.25. The number of hydrogen-bond donors (Lipinski definition) is 4. The Morgan fingerprint density at radius 2 is 2.09 bits per heavy atom. The van der Waals surface area contributed by atoms with Crippen molar-refractivity contribution in [3.63, 3.8) is 0 Å². The number of rotatable bonds is 7. The van der Waals surface area contributed by atoms with Crippen LogP contribution in [0.4, 0.5) is 0 Å². The van der Waals surface area contributed by atoms with E-state index in [0.29, 0.717) is 18.6 Å². The topological polar surface area (TPSA) is 150 Å². The zero-order valence-electron chi connectivity index (χ0n) is 12.3. The minimum absolute atomic E-state index is 0.0739. The number of thioether (sulfide) groups is 1. The van der Waals surface area contributed by atoms with Gasteiger partial charge in [0.05, 0.1) is 0 Å². The first kappa shape index (κ1) is 17.5. The molecule has 4 unspecified atom stereocenters. The molecule has 5 N–H and O–H groups in total. The van der Waals surface area contributed by atoms with Crippen molar-refractivity contribution in [1.82, 2.24) is 10.2 Å². The number of carboxylic acid groups (broad SMARTS) is 2. The minimum Gasteiger partial charge on any atom is -0.480 e. The van der Waals surface area contributed by atoms with Crippen LogP contribution in [-0.4, -0.2) is 68.1 Å². The first-order valence-electron chi connectivity index (χ1n) is 7.27. The predicted molar refractivity (Wildman–Crippen MR) is 80.5 cm³/mol. The summed E-state index contributed by atoms with van der Waals surface area (Å²) < 4.78 is 0. The van der Waals surface area contributed by atoms with Crippen LogP contribution < -0.4 is 11.1 Å². The van der Waals surface area contributed by atoms with Crippen molar-refractivity contribution in [2.75, 3.05) is 5.75 Å². The Morgan fingerprint density at radius 1 is 1.39 bits per heavy atom. The molecule has 0 saturated carbocycles. The van der Waals surface area contributed by atoms with Gasteiger partial charge in [-0.1, -0.05) is 0 Å². The number of carbonyl (C=O) groups excluding carboxylic acids is 2. The average molecular weight is 345 g/mol. The molecule has 128 valence electrons. The van der Waals surface area contributed by atoms with Crippen LogP contribution in [0.25, 0.3) is 0 Å². The Balaban J connectivity index is 1.80. The number of fused-ring (bicyclic) bond motifs is 1. The van der Waals surface area contributed by atoms with Crippen molar-refractivity contribution >= 4 is 35.5 Å². The Bertz CT molecular complexity index is 528. The smallest absolute Gasteiger partial charge is 0.326 e. The van der Waals surface area contributed by atoms with Crippen molar-refractivity contribution in [3.05, 3.63) is 0 Å². The highest BCUT2D eigenvalue weighted by molar-refractivity contribution is 8.00. The molecule has 2 aliphatic heterocycles. The van der Waals surface area contributed by atoms with E-state index in [2.05, 4.69) is 5.32 Å². The summed E-state index contributed by atoms with van der Waals surface area (Å²) in [6.07, 6.45) is 0.951. The Kier molecular flexibility index (Phi) is 5.47. The molecule has 0 radical (unpaired) electrons. The zero-order valence-corrected chi connectivity index (χ0v) is 13.1. The number of hydrogen-bond acceptors (Lipinski definition) is 6. The van der Waals surface area contributed by atoms with Crippen LogP contribution in [0.3, 0.4) is 0 Å². The molecule has 0 aliphatic carbocycles. The van der Waals surface area contributed by atoms with Crippen LogP contribution in [0, 0.1) is 0 Å². The summed E-state index contributed by atoms with van der Waals surface area (Å²) in [7, 11) is 0. The lowest BCUT2D eigenvalue weighted by molar-refractivity contribution is -0.162. The van der Waals surface area contributed by atoms with E-state index in [1.54, 1.807) is 0 Å². The standard InChI is InChI=1S/C13H19N3O6S/c14-6(12(19)20)2-1-3-8(17)15-9-10(18)16-7(13(21)22)4-5-23-11(9)16/h6-7,9,11H,1-5,14H2,(H,15,17)(H,19,20)(H,21,22). The van der Waals surface area contributed by atoms with E-state index in [0.717, 1.165) is 0 Å². The normalized spacial score (nSPS) is 27.6. The monoisotopic (exact) mass is 345 g/mol. The quantitative estimate of drug-likeness (QED) is 0.421. The molecule has 0 aromatic heterocycles. The number of nitrogens with one attached hydrogen (secondary N) is 1. The van der Waals surface area contributed by atoms with Gasteiger partial charge in [0.25, 0.3) is 0 Å². The van der Waals surface area contributed by atoms with Crippen molar-refractivity contribution in [3.8, 4) is 0 Å². The van der Waals surface area contributed by atoms with E-state index >= 15 is 0 Å². The van der Waals surface area contributed by atoms with Crippen molar-refractivity contribution in [2.24, 2.45) is 5.73 Å². The summed E-state index contributed by atoms with van der Waals surface area (Å²) in [5.41, 5.74) is 5.34. The third-order valence-electron chi connectivity index (χ3n) is 3.93. The second-order valence-electron chi connectivity index (χ2n) is 5.53. The van der Waals surface area contributed by atoms with E-state index in [-0.39, 0.29) is 30.0 Å². The molecule has 2 aliphatic rings. The number of amides is 2. The highest BCUT2D eigenvalue weighted by atomic mass is 32.2. The van der Waals surface area contributed by atoms with Gasteiger partial charge < -0.3 is 26.2 Å². The summed E-state index contributed by atoms with van der Waals surface area (Å²) >= 11 is 1.45. The number of nitrogens with zero attached hydrogens (tertiary/aromatic N) is 1. The van der Waals surface area contributed by atoms with Gasteiger partial charge in [0.1, 0.15) is 23.5 Å². The van der Waals surface area contributed by atoms with E-state index in [9.17, 15) is 19.2 Å². The van der Waals surface area contributed by atoms with E-state index in [1.165, 1.54) is 16.7 Å². The van der Waals surface area contributed by atoms with Crippen LogP contribution in [-0.2, 0) is 19.2 Å². The van der Waals surface area contributed by atoms with Gasteiger partial charge in [-0.05, 0) is 25.0 Å². The molecule has 23 heavy (non-hydrogen) atoms. The molecule has 9 nitrogen and oxygen atoms in total. The lowest BCUT2D eigenvalue weighted by Gasteiger charge is -2.51. The van der Waals surface area contributed by atoms with Gasteiger partial charge in [-0.25, -0.2) is 4.79 Å². The zero-order chi connectivity index (χ0) is 17.1. The SMILES string of the molecule is NC(CCCC(=O)NC1C(=O)N2C(C(=O)O)CCSC12)C(=O)O. The van der Waals surface area contributed by atoms with Gasteiger partial charge in [0, 0.05) is 6.42 Å². The van der Waals surface area contributed by atoms with Crippen molar-refractivity contribution in [1.29, 1.82) is 0 Å². The van der Waals surface area contributed by atoms with E-state index in [1.807, 2.05) is 0 Å². The van der Waals surface area contributed by atoms with E-state index in [4.69, 9.17) is 15.9 Å². The fraction of sp³-hybridized carbons (Fsp3) is 0.692. The fourth-order valence-electron chi connectivity index (χ4n) is 2.66. The molecule has 2 saturated heterocycles. The van der Waals surface area contributed by atoms with Crippen LogP contribution >= 0.6 is 11.8 Å². The third kappa shape index (κ3) is 3.75. The molecule has 0 bridgehead atoms. The Hall–Kier alpha value is -1.81. The van der Waals surface area contributed by atoms with E-state index < -0.39 is 30.1 Å². The lowest BCUT2D eigenvalue weighted by atomic mass is 10.0. The number of aliphatic carboxylic acids is 2. The maximum atomic E-state index is 12.1. The Labute approximate surface area is 136 Å². The first-order chi connectivity index (χ1) is 10.8. The first-order valence-corrected chi connectivity index (χ1v) is 8.32. The molecule has 2 amide bonds. The van der Waals surface area contributed by atoms with Gasteiger partial charge >= 0.3 is 11.9 Å². The van der Waals surface area contributed by atoms with Crippen molar-refractivity contribution in [2.45, 2.75) is 49.2 Å². The molecule has 4 atom stereocenters. The average Bonchev–Trinajstić information content (AvgIpc) is 2.51. The lowest BCUT2D eigenvalue weighted by Crippen LogP contribution is -2.74. The molecule has 0 spiro atoms. The Morgan fingerprint density at radius 3 is 2.70 bits per heavy atom. The van der Waals surface area contributed by atoms with Gasteiger partial charge in [0.2, 0.25) is 11.8 Å². The van der Waals surface area contributed by atoms with Gasteiger partial charge in [-0.3, -0.25) is 14.4 Å². The molecular weight excluding hydrogens is 326 g/mol. The van der Waals surface area contributed by atoms with Gasteiger partial charge in [-0.2, -0.15) is 0 Å². The molecular formula is C13H19N3O6S. The molecule has 0 aromatic rings. The largest absolute Gasteiger partial charge is 0.480 e. The number of carboxylic acids is 2. The fourth-order valence-corrected chi connectivity index (χ4v) is 4.05. The summed E-state index contributed by atoms with van der Waals surface area (Å²) in [6, 6.07) is -2.54. The minimum atomic E-state index is -1.12. The van der Waals surface area contributed by atoms with Crippen LogP contribution in [0.5, 0.6) is 0 Å². The highest BCUT2D eigenvalue weighted by Crippen LogP contribution is 2.38. The summed E-state index contributed by atoms with van der Waals surface area (Å²) in [6.45, 7) is 0. The highest BCUT2D eigenvalue weighted by Gasteiger charge is 2.54. The van der Waals surface area contributed by atoms with Crippen LogP contribution in [0.1, 0.15) is 25.7 Å². The molecule has 10 heteroatoms. The maximum Gasteiger partial charge on any atom is 0.326 e. The van der Waals surface area contributed by atoms with Crippen molar-refractivity contribution < 1.29 is 29.4 Å². The number of nitrogens with two attached hydrogens (primary N) is 1. The number of β-lactam (4-membered cyclic amide) rings is 1. The molecule has 0 aromatic carbocycles. The van der Waals surface area contributed by atoms with Crippen LogP contribution in [0.2, 0.25) is 0 Å². The molecule has 2 fully saturated rings. The summed E-state index contributed by atoms with van der Waals surface area (Å²) in [5, 5.41) is 20.0. The maximum absolute atomic E-state index is 12.1. The summed E-state index contributed by atoms with van der Waals surface area (Å²) in [4.78, 5) is 46.9. The van der Waals surface area contributed by atoms with Gasteiger partial charge in [-0.15, -0.1) is 11.8 Å². The summed E-state index contributed by atoms with van der Waals surface area (Å²) in [5.74, 6) is -2.28. The van der Waals surface area contributed by atoms with Crippen LogP contribution in [0.15, 0.2) is 0 Å². The second kappa shape index (κ2) is 7.18. The van der Waals surface area contributed by atoms with Gasteiger partial charge in [0.15, 0.2) is 0 Å².